The van der Waals surface area contributed by atoms with Gasteiger partial charge in [0.15, 0.2) is 0 Å². The van der Waals surface area contributed by atoms with E-state index >= 15 is 0 Å². The first kappa shape index (κ1) is 15.4. The van der Waals surface area contributed by atoms with Crippen LogP contribution in [0.25, 0.3) is 11.1 Å². The summed E-state index contributed by atoms with van der Waals surface area (Å²) in [6, 6.07) is 4.70. The largest absolute Gasteiger partial charge is 0.481 e. The molecule has 20 heavy (non-hydrogen) atoms. The second kappa shape index (κ2) is 6.19. The van der Waals surface area contributed by atoms with Gasteiger partial charge in [0.2, 0.25) is 0 Å². The van der Waals surface area contributed by atoms with Crippen molar-refractivity contribution in [3.8, 4) is 11.1 Å². The first-order valence-electron chi connectivity index (χ1n) is 5.39. The molecule has 0 aliphatic heterocycles. The minimum absolute atomic E-state index is 0.243. The quantitative estimate of drug-likeness (QED) is 0.848. The summed E-state index contributed by atoms with van der Waals surface area (Å²) in [7, 11) is 0. The predicted octanol–water partition coefficient (Wildman–Crippen LogP) is 4.99. The van der Waals surface area contributed by atoms with Gasteiger partial charge in [-0.3, -0.25) is 9.78 Å². The van der Waals surface area contributed by atoms with E-state index in [1.165, 1.54) is 6.20 Å². The fourth-order valence-corrected chi connectivity index (χ4v) is 2.96. The third-order valence-corrected chi connectivity index (χ3v) is 3.67. The minimum atomic E-state index is -1.00. The Balaban J connectivity index is 2.50. The number of benzene rings is 1. The van der Waals surface area contributed by atoms with E-state index in [4.69, 9.17) is 51.5 Å². The van der Waals surface area contributed by atoms with Crippen LogP contribution in [0.1, 0.15) is 5.69 Å². The highest BCUT2D eigenvalue weighted by atomic mass is 35.5. The molecule has 2 rings (SSSR count). The van der Waals surface area contributed by atoms with Crippen LogP contribution in [0.15, 0.2) is 24.4 Å². The highest BCUT2D eigenvalue weighted by Crippen LogP contribution is 2.38. The summed E-state index contributed by atoms with van der Waals surface area (Å²) in [6.45, 7) is 0. The van der Waals surface area contributed by atoms with Crippen LogP contribution in [-0.2, 0) is 11.2 Å². The van der Waals surface area contributed by atoms with Crippen molar-refractivity contribution in [2.45, 2.75) is 6.42 Å². The molecule has 0 aliphatic rings. The standard InChI is InChI=1S/C13H7Cl4NO2/c14-7-2-9(16)13(10(17)3-7)6-1-8(15)11(18-5-6)4-12(19)20/h1-3,5H,4H2,(H,19,20). The molecule has 7 heteroatoms. The fourth-order valence-electron chi connectivity index (χ4n) is 1.69. The number of carboxylic acid groups (broad SMARTS) is 1. The van der Waals surface area contributed by atoms with Gasteiger partial charge in [0.25, 0.3) is 0 Å². The molecule has 1 heterocycles. The number of carbonyl (C=O) groups is 1. The zero-order valence-corrected chi connectivity index (χ0v) is 12.9. The lowest BCUT2D eigenvalue weighted by molar-refractivity contribution is -0.136. The maximum atomic E-state index is 10.7. The van der Waals surface area contributed by atoms with Crippen LogP contribution < -0.4 is 0 Å². The molecule has 0 atom stereocenters. The van der Waals surface area contributed by atoms with Gasteiger partial charge in [0.05, 0.1) is 27.2 Å². The zero-order valence-electron chi connectivity index (χ0n) is 9.83. The number of hydrogen-bond acceptors (Lipinski definition) is 2. The lowest BCUT2D eigenvalue weighted by Gasteiger charge is -2.09. The number of halogens is 4. The average Bonchev–Trinajstić information content (AvgIpc) is 2.30. The van der Waals surface area contributed by atoms with Crippen molar-refractivity contribution in [2.75, 3.05) is 0 Å². The summed E-state index contributed by atoms with van der Waals surface area (Å²) in [5.41, 5.74) is 1.42. The number of pyridine rings is 1. The first-order valence-corrected chi connectivity index (χ1v) is 6.91. The summed E-state index contributed by atoms with van der Waals surface area (Å²) in [5, 5.41) is 10.1. The Morgan fingerprint density at radius 1 is 1.05 bits per heavy atom. The molecule has 0 unspecified atom stereocenters. The van der Waals surface area contributed by atoms with Crippen molar-refractivity contribution in [1.82, 2.24) is 4.98 Å². The second-order valence-electron chi connectivity index (χ2n) is 3.97. The number of rotatable bonds is 3. The van der Waals surface area contributed by atoms with E-state index in [-0.39, 0.29) is 17.1 Å². The number of nitrogens with zero attached hydrogens (tertiary/aromatic N) is 1. The first-order chi connectivity index (χ1) is 9.38. The molecule has 2 aromatic rings. The van der Waals surface area contributed by atoms with Gasteiger partial charge in [-0.05, 0) is 18.2 Å². The second-order valence-corrected chi connectivity index (χ2v) is 5.63. The Labute approximate surface area is 135 Å². The van der Waals surface area contributed by atoms with Crippen LogP contribution in [0.2, 0.25) is 20.1 Å². The highest BCUT2D eigenvalue weighted by Gasteiger charge is 2.14. The maximum Gasteiger partial charge on any atom is 0.309 e. The van der Waals surface area contributed by atoms with Crippen molar-refractivity contribution >= 4 is 52.4 Å². The lowest BCUT2D eigenvalue weighted by atomic mass is 10.1. The van der Waals surface area contributed by atoms with Crippen LogP contribution in [0.3, 0.4) is 0 Å². The molecule has 104 valence electrons. The van der Waals surface area contributed by atoms with Gasteiger partial charge in [-0.25, -0.2) is 0 Å². The van der Waals surface area contributed by atoms with Crippen LogP contribution in [0.5, 0.6) is 0 Å². The van der Waals surface area contributed by atoms with Gasteiger partial charge >= 0.3 is 5.97 Å². The van der Waals surface area contributed by atoms with E-state index < -0.39 is 5.97 Å². The van der Waals surface area contributed by atoms with Gasteiger partial charge in [-0.1, -0.05) is 46.4 Å². The topological polar surface area (TPSA) is 50.2 Å². The Bertz CT molecular complexity index is 665. The maximum absolute atomic E-state index is 10.7. The van der Waals surface area contributed by atoms with Crippen molar-refractivity contribution in [2.24, 2.45) is 0 Å². The third kappa shape index (κ3) is 3.36. The molecule has 3 nitrogen and oxygen atoms in total. The van der Waals surface area contributed by atoms with Crippen molar-refractivity contribution in [1.29, 1.82) is 0 Å². The minimum Gasteiger partial charge on any atom is -0.481 e. The molecular weight excluding hydrogens is 344 g/mol. The summed E-state index contributed by atoms with van der Waals surface area (Å²) < 4.78 is 0. The molecule has 0 radical (unpaired) electrons. The molecule has 1 aromatic heterocycles. The Morgan fingerprint density at radius 3 is 2.15 bits per heavy atom. The Morgan fingerprint density at radius 2 is 1.65 bits per heavy atom. The van der Waals surface area contributed by atoms with Crippen molar-refractivity contribution in [3.63, 3.8) is 0 Å². The monoisotopic (exact) mass is 349 g/mol. The highest BCUT2D eigenvalue weighted by molar-refractivity contribution is 6.42. The molecule has 0 bridgehead atoms. The van der Waals surface area contributed by atoms with Gasteiger partial charge < -0.3 is 5.11 Å². The number of aliphatic carboxylic acids is 1. The van der Waals surface area contributed by atoms with E-state index in [2.05, 4.69) is 4.98 Å². The molecule has 0 aliphatic carbocycles. The summed E-state index contributed by atoms with van der Waals surface area (Å²) in [4.78, 5) is 14.7. The van der Waals surface area contributed by atoms with E-state index in [9.17, 15) is 4.79 Å². The molecule has 1 N–H and O–H groups in total. The normalized spacial score (nSPS) is 10.6. The van der Waals surface area contributed by atoms with Crippen LogP contribution in [0.4, 0.5) is 0 Å². The van der Waals surface area contributed by atoms with Crippen LogP contribution in [0, 0.1) is 0 Å². The van der Waals surface area contributed by atoms with Gasteiger partial charge in [0.1, 0.15) is 0 Å². The van der Waals surface area contributed by atoms with E-state index in [0.29, 0.717) is 26.2 Å². The predicted molar refractivity (Wildman–Crippen MR) is 81.1 cm³/mol. The summed E-state index contributed by atoms with van der Waals surface area (Å²) in [5.74, 6) is -1.00. The molecule has 0 saturated heterocycles. The van der Waals surface area contributed by atoms with Gasteiger partial charge in [-0.2, -0.15) is 0 Å². The van der Waals surface area contributed by atoms with Gasteiger partial charge in [0, 0.05) is 22.3 Å². The lowest BCUT2D eigenvalue weighted by Crippen LogP contribution is -2.03. The summed E-state index contributed by atoms with van der Waals surface area (Å²) >= 11 is 24.1. The summed E-state index contributed by atoms with van der Waals surface area (Å²) in [6.07, 6.45) is 1.23. The molecule has 0 saturated carbocycles. The molecule has 1 aromatic carbocycles. The van der Waals surface area contributed by atoms with E-state index in [1.807, 2.05) is 0 Å². The number of hydrogen-bond donors (Lipinski definition) is 1. The third-order valence-electron chi connectivity index (χ3n) is 2.53. The van der Waals surface area contributed by atoms with Gasteiger partial charge in [-0.15, -0.1) is 0 Å². The Kier molecular flexibility index (Phi) is 4.76. The van der Waals surface area contributed by atoms with E-state index in [1.54, 1.807) is 18.2 Å². The number of carboxylic acids is 1. The SMILES string of the molecule is O=C(O)Cc1ncc(-c2c(Cl)cc(Cl)cc2Cl)cc1Cl. The smallest absolute Gasteiger partial charge is 0.309 e. The zero-order chi connectivity index (χ0) is 14.9. The van der Waals surface area contributed by atoms with Crippen molar-refractivity contribution in [3.05, 3.63) is 50.2 Å². The fraction of sp³-hybridized carbons (Fsp3) is 0.0769. The van der Waals surface area contributed by atoms with Crippen molar-refractivity contribution < 1.29 is 9.90 Å². The molecule has 0 amide bonds. The molecule has 0 fully saturated rings. The number of aromatic nitrogens is 1. The Hall–Kier alpha value is -1.000. The molecule has 0 spiro atoms. The molecular formula is C13H7Cl4NO2. The van der Waals surface area contributed by atoms with Crippen LogP contribution >= 0.6 is 46.4 Å². The van der Waals surface area contributed by atoms with E-state index in [0.717, 1.165) is 0 Å². The van der Waals surface area contributed by atoms with Crippen LogP contribution in [-0.4, -0.2) is 16.1 Å². The average molecular weight is 351 g/mol.